The van der Waals surface area contributed by atoms with Gasteiger partial charge in [0.2, 0.25) is 0 Å². The fourth-order valence-electron chi connectivity index (χ4n) is 2.76. The average Bonchev–Trinajstić information content (AvgIpc) is 3.20. The predicted molar refractivity (Wildman–Crippen MR) is 95.2 cm³/mol. The number of rotatable bonds is 2. The van der Waals surface area contributed by atoms with Gasteiger partial charge in [0.15, 0.2) is 0 Å². The minimum atomic E-state index is -0.239. The summed E-state index contributed by atoms with van der Waals surface area (Å²) >= 11 is 7.35. The second-order valence-corrected chi connectivity index (χ2v) is 6.69. The molecule has 0 fully saturated rings. The fraction of sp³-hybridized carbons (Fsp3) is 0.125. The van der Waals surface area contributed by atoms with Gasteiger partial charge in [-0.25, -0.2) is 5.43 Å². The minimum absolute atomic E-state index is 0.239. The van der Waals surface area contributed by atoms with Crippen molar-refractivity contribution in [2.75, 3.05) is 0 Å². The zero-order valence-corrected chi connectivity index (χ0v) is 14.4. The molecule has 0 saturated heterocycles. The van der Waals surface area contributed by atoms with Crippen molar-refractivity contribution >= 4 is 51.7 Å². The first-order valence-corrected chi connectivity index (χ1v) is 8.34. The van der Waals surface area contributed by atoms with E-state index in [1.807, 2.05) is 49.0 Å². The van der Waals surface area contributed by atoms with Crippen molar-refractivity contribution in [3.05, 3.63) is 51.1 Å². The Balaban J connectivity index is 1.88. The average molecular weight is 358 g/mol. The maximum Gasteiger partial charge on any atom is 0.273 e. The van der Waals surface area contributed by atoms with Gasteiger partial charge in [-0.3, -0.25) is 4.79 Å². The van der Waals surface area contributed by atoms with Crippen LogP contribution in [0.3, 0.4) is 0 Å². The third kappa shape index (κ3) is 2.33. The van der Waals surface area contributed by atoms with Crippen molar-refractivity contribution < 1.29 is 4.79 Å². The number of halogens is 1. The van der Waals surface area contributed by atoms with E-state index in [4.69, 9.17) is 11.6 Å². The van der Waals surface area contributed by atoms with E-state index < -0.39 is 0 Å². The molecule has 0 radical (unpaired) electrons. The smallest absolute Gasteiger partial charge is 0.273 e. The first-order valence-electron chi connectivity index (χ1n) is 7.18. The summed E-state index contributed by atoms with van der Waals surface area (Å²) in [6.07, 6.45) is 3.80. The highest BCUT2D eigenvalue weighted by Gasteiger charge is 2.27. The molecular weight excluding hydrogens is 346 g/mol. The summed E-state index contributed by atoms with van der Waals surface area (Å²) in [5, 5.41) is 9.78. The largest absolute Gasteiger partial charge is 0.350 e. The standard InChI is InChI=1S/C16H12ClN5OS/c1-8-15(24-21-18-8)14-12(16(23)20-19-14)5-9-7-22(2)13-4-3-10(17)6-11(9)13/h3-7H,1-2H3,(H,20,23)/b12-5-. The molecule has 6 nitrogen and oxygen atoms in total. The Morgan fingerprint density at radius 2 is 2.21 bits per heavy atom. The SMILES string of the molecule is Cc1nnsc1C1=NNC(=O)/C1=C\c1cn(C)c2ccc(Cl)cc12. The van der Waals surface area contributed by atoms with E-state index in [0.717, 1.165) is 27.0 Å². The Bertz CT molecular complexity index is 1050. The van der Waals surface area contributed by atoms with Crippen molar-refractivity contribution in [2.45, 2.75) is 6.92 Å². The summed E-state index contributed by atoms with van der Waals surface area (Å²) in [5.41, 5.74) is 6.29. The van der Waals surface area contributed by atoms with Crippen LogP contribution in [0.4, 0.5) is 0 Å². The summed E-state index contributed by atoms with van der Waals surface area (Å²) in [7, 11) is 1.96. The van der Waals surface area contributed by atoms with Gasteiger partial charge in [-0.1, -0.05) is 16.1 Å². The molecule has 120 valence electrons. The van der Waals surface area contributed by atoms with E-state index in [-0.39, 0.29) is 5.91 Å². The van der Waals surface area contributed by atoms with E-state index in [1.165, 1.54) is 11.5 Å². The van der Waals surface area contributed by atoms with Gasteiger partial charge in [-0.05, 0) is 42.7 Å². The van der Waals surface area contributed by atoms with Crippen LogP contribution >= 0.6 is 23.1 Å². The molecule has 3 heterocycles. The van der Waals surface area contributed by atoms with Crippen LogP contribution in [0.5, 0.6) is 0 Å². The number of carbonyl (C=O) groups is 1. The lowest BCUT2D eigenvalue weighted by molar-refractivity contribution is -0.116. The third-order valence-corrected chi connectivity index (χ3v) is 4.99. The molecule has 24 heavy (non-hydrogen) atoms. The molecule has 8 heteroatoms. The molecule has 0 unspecified atom stereocenters. The minimum Gasteiger partial charge on any atom is -0.350 e. The van der Waals surface area contributed by atoms with E-state index >= 15 is 0 Å². The number of aromatic nitrogens is 3. The number of hydrogen-bond donors (Lipinski definition) is 1. The van der Waals surface area contributed by atoms with Crippen LogP contribution in [0.25, 0.3) is 17.0 Å². The highest BCUT2D eigenvalue weighted by atomic mass is 35.5. The molecule has 0 aliphatic carbocycles. The fourth-order valence-corrected chi connectivity index (χ4v) is 3.59. The summed E-state index contributed by atoms with van der Waals surface area (Å²) in [6, 6.07) is 5.70. The Morgan fingerprint density at radius 1 is 1.38 bits per heavy atom. The van der Waals surface area contributed by atoms with E-state index in [9.17, 15) is 4.79 Å². The number of nitrogens with one attached hydrogen (secondary N) is 1. The Morgan fingerprint density at radius 3 is 2.96 bits per heavy atom. The molecule has 1 amide bonds. The van der Waals surface area contributed by atoms with Crippen LogP contribution in [0.15, 0.2) is 35.1 Å². The van der Waals surface area contributed by atoms with Crippen LogP contribution in [0.2, 0.25) is 5.02 Å². The number of aryl methyl sites for hydroxylation is 2. The number of carbonyl (C=O) groups excluding carboxylic acids is 1. The van der Waals surface area contributed by atoms with Crippen molar-refractivity contribution in [3.8, 4) is 0 Å². The number of hydrazone groups is 1. The molecule has 0 spiro atoms. The maximum absolute atomic E-state index is 12.2. The van der Waals surface area contributed by atoms with Gasteiger partial charge in [0, 0.05) is 34.7 Å². The van der Waals surface area contributed by atoms with Gasteiger partial charge in [0.1, 0.15) is 5.71 Å². The molecule has 3 aromatic rings. The van der Waals surface area contributed by atoms with E-state index in [0.29, 0.717) is 16.3 Å². The molecule has 1 aliphatic heterocycles. The summed E-state index contributed by atoms with van der Waals surface area (Å²) in [6.45, 7) is 1.85. The molecule has 0 atom stereocenters. The second-order valence-electron chi connectivity index (χ2n) is 5.50. The van der Waals surface area contributed by atoms with Crippen molar-refractivity contribution in [1.82, 2.24) is 19.6 Å². The Hall–Kier alpha value is -2.51. The Kier molecular flexibility index (Phi) is 3.47. The first-order chi connectivity index (χ1) is 11.5. The zero-order valence-electron chi connectivity index (χ0n) is 12.9. The van der Waals surface area contributed by atoms with E-state index in [2.05, 4.69) is 20.1 Å². The van der Waals surface area contributed by atoms with Gasteiger partial charge in [-0.2, -0.15) is 5.10 Å². The number of hydrogen-bond acceptors (Lipinski definition) is 5. The second kappa shape index (κ2) is 5.54. The number of fused-ring (bicyclic) bond motifs is 1. The first kappa shape index (κ1) is 15.0. The van der Waals surface area contributed by atoms with Crippen LogP contribution < -0.4 is 5.43 Å². The van der Waals surface area contributed by atoms with Crippen molar-refractivity contribution in [3.63, 3.8) is 0 Å². The highest BCUT2D eigenvalue weighted by molar-refractivity contribution is 7.08. The number of amides is 1. The summed E-state index contributed by atoms with van der Waals surface area (Å²) in [5.74, 6) is -0.239. The number of benzene rings is 1. The quantitative estimate of drug-likeness (QED) is 0.717. The predicted octanol–water partition coefficient (Wildman–Crippen LogP) is 2.91. The van der Waals surface area contributed by atoms with Crippen molar-refractivity contribution in [1.29, 1.82) is 0 Å². The zero-order chi connectivity index (χ0) is 16.8. The Labute approximate surface area is 146 Å². The van der Waals surface area contributed by atoms with Gasteiger partial charge in [-0.15, -0.1) is 5.10 Å². The van der Waals surface area contributed by atoms with Crippen LogP contribution in [0, 0.1) is 6.92 Å². The lowest BCUT2D eigenvalue weighted by atomic mass is 10.0. The topological polar surface area (TPSA) is 72.2 Å². The molecule has 0 bridgehead atoms. The van der Waals surface area contributed by atoms with Crippen LogP contribution in [0.1, 0.15) is 16.1 Å². The van der Waals surface area contributed by atoms with Gasteiger partial charge >= 0.3 is 0 Å². The lowest BCUT2D eigenvalue weighted by Gasteiger charge is -1.99. The van der Waals surface area contributed by atoms with Gasteiger partial charge < -0.3 is 4.57 Å². The molecule has 2 aromatic heterocycles. The highest BCUT2D eigenvalue weighted by Crippen LogP contribution is 2.28. The third-order valence-electron chi connectivity index (χ3n) is 3.92. The maximum atomic E-state index is 12.2. The van der Waals surface area contributed by atoms with E-state index in [1.54, 1.807) is 0 Å². The summed E-state index contributed by atoms with van der Waals surface area (Å²) in [4.78, 5) is 13.0. The molecule has 1 aliphatic rings. The number of nitrogens with zero attached hydrogens (tertiary/aromatic N) is 4. The van der Waals surface area contributed by atoms with Crippen molar-refractivity contribution in [2.24, 2.45) is 12.1 Å². The summed E-state index contributed by atoms with van der Waals surface area (Å²) < 4.78 is 5.92. The van der Waals surface area contributed by atoms with Gasteiger partial charge in [0.05, 0.1) is 16.1 Å². The molecule has 1 aromatic carbocycles. The van der Waals surface area contributed by atoms with Crippen LogP contribution in [-0.4, -0.2) is 25.8 Å². The molecule has 0 saturated carbocycles. The van der Waals surface area contributed by atoms with Crippen LogP contribution in [-0.2, 0) is 11.8 Å². The molecular formula is C16H12ClN5OS. The molecule has 1 N–H and O–H groups in total. The monoisotopic (exact) mass is 357 g/mol. The molecule has 4 rings (SSSR count). The lowest BCUT2D eigenvalue weighted by Crippen LogP contribution is -2.13. The normalized spacial score (nSPS) is 16.0. The van der Waals surface area contributed by atoms with Gasteiger partial charge in [0.25, 0.3) is 5.91 Å².